The van der Waals surface area contributed by atoms with Crippen molar-refractivity contribution < 1.29 is 14.3 Å². The van der Waals surface area contributed by atoms with E-state index in [1.807, 2.05) is 36.4 Å². The summed E-state index contributed by atoms with van der Waals surface area (Å²) in [5, 5.41) is 3.09. The van der Waals surface area contributed by atoms with Gasteiger partial charge in [0, 0.05) is 13.1 Å². The highest BCUT2D eigenvalue weighted by Crippen LogP contribution is 2.29. The molecule has 2 aliphatic rings. The van der Waals surface area contributed by atoms with Gasteiger partial charge in [-0.05, 0) is 35.2 Å². The maximum Gasteiger partial charge on any atom is 0.226 e. The molecular formula is C21H25N3O3. The van der Waals surface area contributed by atoms with Gasteiger partial charge in [0.2, 0.25) is 5.91 Å². The van der Waals surface area contributed by atoms with Crippen LogP contribution in [0.4, 0.5) is 0 Å². The van der Waals surface area contributed by atoms with E-state index in [-0.39, 0.29) is 24.0 Å². The molecule has 2 aromatic carbocycles. The van der Waals surface area contributed by atoms with Crippen molar-refractivity contribution in [2.24, 2.45) is 5.92 Å². The lowest BCUT2D eigenvalue weighted by atomic mass is 9.93. The summed E-state index contributed by atoms with van der Waals surface area (Å²) in [6.07, 6.45) is 0.839. The van der Waals surface area contributed by atoms with Crippen molar-refractivity contribution in [2.45, 2.75) is 18.6 Å². The molecule has 1 amide bonds. The molecule has 2 aromatic rings. The first-order chi connectivity index (χ1) is 13.3. The maximum atomic E-state index is 12.9. The summed E-state index contributed by atoms with van der Waals surface area (Å²) < 4.78 is 11.2. The zero-order valence-corrected chi connectivity index (χ0v) is 15.4. The second-order valence-corrected chi connectivity index (χ2v) is 6.94. The van der Waals surface area contributed by atoms with E-state index >= 15 is 0 Å². The van der Waals surface area contributed by atoms with Crippen LogP contribution in [0.25, 0.3) is 0 Å². The van der Waals surface area contributed by atoms with Crippen LogP contribution < -0.4 is 20.9 Å². The molecule has 2 heterocycles. The largest absolute Gasteiger partial charge is 0.497 e. The molecule has 0 radical (unpaired) electrons. The monoisotopic (exact) mass is 367 g/mol. The third-order valence-corrected chi connectivity index (χ3v) is 5.33. The molecule has 6 nitrogen and oxygen atoms in total. The molecule has 3 atom stereocenters. The summed E-state index contributed by atoms with van der Waals surface area (Å²) in [7, 11) is 1.64. The Morgan fingerprint density at radius 3 is 3.04 bits per heavy atom. The average molecular weight is 367 g/mol. The van der Waals surface area contributed by atoms with Gasteiger partial charge in [0.1, 0.15) is 11.9 Å². The molecule has 0 spiro atoms. The van der Waals surface area contributed by atoms with Crippen molar-refractivity contribution in [1.82, 2.24) is 16.2 Å². The van der Waals surface area contributed by atoms with Gasteiger partial charge in [-0.25, -0.2) is 5.43 Å². The molecule has 3 unspecified atom stereocenters. The van der Waals surface area contributed by atoms with E-state index in [2.05, 4.69) is 28.3 Å². The molecule has 6 heteroatoms. The number of benzene rings is 2. The van der Waals surface area contributed by atoms with Crippen molar-refractivity contribution >= 4 is 5.91 Å². The molecular weight excluding hydrogens is 342 g/mol. The maximum absolute atomic E-state index is 12.9. The predicted octanol–water partition coefficient (Wildman–Crippen LogP) is 1.89. The Morgan fingerprint density at radius 2 is 2.15 bits per heavy atom. The number of carbonyl (C=O) groups is 1. The highest BCUT2D eigenvalue weighted by molar-refractivity contribution is 5.80. The highest BCUT2D eigenvalue weighted by atomic mass is 16.5. The number of rotatable bonds is 5. The third kappa shape index (κ3) is 3.83. The zero-order chi connectivity index (χ0) is 18.6. The quantitative estimate of drug-likeness (QED) is 0.753. The lowest BCUT2D eigenvalue weighted by Crippen LogP contribution is -2.38. The molecule has 2 aliphatic heterocycles. The molecule has 1 fully saturated rings. The van der Waals surface area contributed by atoms with Crippen LogP contribution in [0, 0.1) is 5.92 Å². The Morgan fingerprint density at radius 1 is 1.26 bits per heavy atom. The van der Waals surface area contributed by atoms with E-state index in [0.717, 1.165) is 17.7 Å². The van der Waals surface area contributed by atoms with Gasteiger partial charge in [-0.3, -0.25) is 10.2 Å². The van der Waals surface area contributed by atoms with Gasteiger partial charge in [0.25, 0.3) is 0 Å². The van der Waals surface area contributed by atoms with Gasteiger partial charge in [-0.1, -0.05) is 36.4 Å². The number of nitrogens with one attached hydrogen (secondary N) is 3. The number of hydrogen-bond acceptors (Lipinski definition) is 5. The van der Waals surface area contributed by atoms with Crippen molar-refractivity contribution in [3.63, 3.8) is 0 Å². The lowest BCUT2D eigenvalue weighted by molar-refractivity contribution is -0.125. The topological polar surface area (TPSA) is 71.6 Å². The smallest absolute Gasteiger partial charge is 0.226 e. The number of ether oxygens (including phenoxy) is 2. The molecule has 4 rings (SSSR count). The van der Waals surface area contributed by atoms with Crippen LogP contribution >= 0.6 is 0 Å². The number of carbonyl (C=O) groups excluding carboxylic acids is 1. The molecule has 0 bridgehead atoms. The van der Waals surface area contributed by atoms with Gasteiger partial charge >= 0.3 is 0 Å². The molecule has 0 saturated carbocycles. The first kappa shape index (κ1) is 18.0. The van der Waals surface area contributed by atoms with Gasteiger partial charge in [-0.15, -0.1) is 0 Å². The van der Waals surface area contributed by atoms with E-state index in [1.54, 1.807) is 7.11 Å². The number of fused-ring (bicyclic) bond motifs is 1. The second kappa shape index (κ2) is 8.08. The summed E-state index contributed by atoms with van der Waals surface area (Å²) in [6, 6.07) is 16.0. The lowest BCUT2D eigenvalue weighted by Gasteiger charge is -2.27. The number of hydrogen-bond donors (Lipinski definition) is 3. The predicted molar refractivity (Wildman–Crippen MR) is 102 cm³/mol. The van der Waals surface area contributed by atoms with E-state index < -0.39 is 0 Å². The van der Waals surface area contributed by atoms with Crippen LogP contribution in [0.3, 0.4) is 0 Å². The first-order valence-corrected chi connectivity index (χ1v) is 9.35. The van der Waals surface area contributed by atoms with E-state index in [9.17, 15) is 4.79 Å². The number of amides is 1. The Bertz CT molecular complexity index is 811. The second-order valence-electron chi connectivity index (χ2n) is 6.94. The van der Waals surface area contributed by atoms with Crippen LogP contribution in [0.5, 0.6) is 5.75 Å². The zero-order valence-electron chi connectivity index (χ0n) is 15.4. The van der Waals surface area contributed by atoms with Gasteiger partial charge in [0.15, 0.2) is 0 Å². The summed E-state index contributed by atoms with van der Waals surface area (Å²) in [6.45, 7) is 1.75. The van der Waals surface area contributed by atoms with Crippen molar-refractivity contribution in [1.29, 1.82) is 0 Å². The van der Waals surface area contributed by atoms with Crippen LogP contribution in [0.15, 0.2) is 48.5 Å². The number of methoxy groups -OCH3 is 1. The van der Waals surface area contributed by atoms with Crippen molar-refractivity contribution in [3.8, 4) is 5.75 Å². The minimum Gasteiger partial charge on any atom is -0.497 e. The SMILES string of the molecule is COc1cccc(C2NNCC2C(=O)NCC2OCCc3ccccc32)c1. The highest BCUT2D eigenvalue weighted by Gasteiger charge is 2.34. The summed E-state index contributed by atoms with van der Waals surface area (Å²) >= 11 is 0. The van der Waals surface area contributed by atoms with E-state index in [1.165, 1.54) is 11.1 Å². The summed E-state index contributed by atoms with van der Waals surface area (Å²) in [4.78, 5) is 12.9. The number of hydrazine groups is 1. The van der Waals surface area contributed by atoms with Gasteiger partial charge in [-0.2, -0.15) is 0 Å². The molecule has 1 saturated heterocycles. The molecule has 0 aromatic heterocycles. The summed E-state index contributed by atoms with van der Waals surface area (Å²) in [5.74, 6) is 0.607. The Kier molecular flexibility index (Phi) is 5.38. The Hall–Kier alpha value is -2.41. The fourth-order valence-corrected chi connectivity index (χ4v) is 3.86. The molecule has 0 aliphatic carbocycles. The molecule has 3 N–H and O–H groups in total. The van der Waals surface area contributed by atoms with E-state index in [0.29, 0.717) is 19.7 Å². The first-order valence-electron chi connectivity index (χ1n) is 9.35. The van der Waals surface area contributed by atoms with Crippen molar-refractivity contribution in [3.05, 3.63) is 65.2 Å². The molecule has 142 valence electrons. The van der Waals surface area contributed by atoms with Crippen LogP contribution in [0.2, 0.25) is 0 Å². The normalized spacial score (nSPS) is 24.3. The fraction of sp³-hybridized carbons (Fsp3) is 0.381. The average Bonchev–Trinajstić information content (AvgIpc) is 3.22. The fourth-order valence-electron chi connectivity index (χ4n) is 3.86. The van der Waals surface area contributed by atoms with Gasteiger partial charge < -0.3 is 14.8 Å². The van der Waals surface area contributed by atoms with E-state index in [4.69, 9.17) is 9.47 Å². The Balaban J connectivity index is 1.42. The van der Waals surface area contributed by atoms with Crippen molar-refractivity contribution in [2.75, 3.05) is 26.8 Å². The third-order valence-electron chi connectivity index (χ3n) is 5.33. The Labute approximate surface area is 159 Å². The minimum absolute atomic E-state index is 0.0203. The standard InChI is InChI=1S/C21H25N3O3/c1-26-16-7-4-6-15(11-16)20-18(12-23-24-20)21(25)22-13-19-17-8-3-2-5-14(17)9-10-27-19/h2-8,11,18-20,23-24H,9-10,12-13H2,1H3,(H,22,25). The van der Waals surface area contributed by atoms with Gasteiger partial charge in [0.05, 0.1) is 25.7 Å². The van der Waals surface area contributed by atoms with Crippen LogP contribution in [-0.4, -0.2) is 32.7 Å². The molecule has 27 heavy (non-hydrogen) atoms. The van der Waals surface area contributed by atoms with Crippen LogP contribution in [0.1, 0.15) is 28.8 Å². The summed E-state index contributed by atoms with van der Waals surface area (Å²) in [5.41, 5.74) is 9.83. The minimum atomic E-state index is -0.198. The van der Waals surface area contributed by atoms with Crippen LogP contribution in [-0.2, 0) is 16.0 Å².